The summed E-state index contributed by atoms with van der Waals surface area (Å²) in [5.41, 5.74) is 0. The molecule has 7 heteroatoms. The number of amides is 1. The van der Waals surface area contributed by atoms with Gasteiger partial charge in [-0.2, -0.15) is 0 Å². The molecule has 1 aliphatic carbocycles. The summed E-state index contributed by atoms with van der Waals surface area (Å²) in [5, 5.41) is 3.19. The molecule has 2 N–H and O–H groups in total. The van der Waals surface area contributed by atoms with E-state index in [-0.39, 0.29) is 11.9 Å². The van der Waals surface area contributed by atoms with Crippen LogP contribution in [0.5, 0.6) is 0 Å². The zero-order chi connectivity index (χ0) is 16.7. The van der Waals surface area contributed by atoms with Gasteiger partial charge in [0, 0.05) is 25.2 Å². The molecule has 0 bridgehead atoms. The van der Waals surface area contributed by atoms with Gasteiger partial charge >= 0.3 is 0 Å². The summed E-state index contributed by atoms with van der Waals surface area (Å²) in [6.07, 6.45) is 11.3. The van der Waals surface area contributed by atoms with Gasteiger partial charge < -0.3 is 5.32 Å². The summed E-state index contributed by atoms with van der Waals surface area (Å²) in [6, 6.07) is 0.349. The van der Waals surface area contributed by atoms with E-state index in [4.69, 9.17) is 0 Å². The molecule has 0 radical (unpaired) electrons. The Morgan fingerprint density at radius 1 is 0.957 bits per heavy atom. The van der Waals surface area contributed by atoms with Crippen LogP contribution in [0, 0.1) is 0 Å². The number of piperidine rings is 1. The van der Waals surface area contributed by atoms with Crippen molar-refractivity contribution in [2.75, 3.05) is 25.9 Å². The average Bonchev–Trinajstić information content (AvgIpc) is 2.42. The summed E-state index contributed by atoms with van der Waals surface area (Å²) >= 11 is 0. The quantitative estimate of drug-likeness (QED) is 0.785. The monoisotopic (exact) mass is 345 g/mol. The molecule has 1 heterocycles. The van der Waals surface area contributed by atoms with Crippen molar-refractivity contribution in [3.05, 3.63) is 0 Å². The second-order valence-electron chi connectivity index (χ2n) is 7.05. The highest BCUT2D eigenvalue weighted by molar-refractivity contribution is 7.88. The Labute approximate surface area is 140 Å². The van der Waals surface area contributed by atoms with E-state index in [1.165, 1.54) is 38.4 Å². The zero-order valence-electron chi connectivity index (χ0n) is 14.2. The lowest BCUT2D eigenvalue weighted by Gasteiger charge is -2.32. The molecular formula is C16H31N3O3S. The Kier molecular flexibility index (Phi) is 7.30. The van der Waals surface area contributed by atoms with E-state index in [1.54, 1.807) is 0 Å². The second-order valence-corrected chi connectivity index (χ2v) is 8.83. The summed E-state index contributed by atoms with van der Waals surface area (Å²) in [4.78, 5) is 14.3. The van der Waals surface area contributed by atoms with E-state index in [0.29, 0.717) is 12.6 Å². The molecular weight excluding hydrogens is 314 g/mol. The van der Waals surface area contributed by atoms with Crippen LogP contribution in [-0.4, -0.2) is 57.2 Å². The first-order chi connectivity index (χ1) is 10.9. The molecule has 0 aromatic rings. The highest BCUT2D eigenvalue weighted by Crippen LogP contribution is 2.17. The number of hydrogen-bond acceptors (Lipinski definition) is 4. The van der Waals surface area contributed by atoms with Gasteiger partial charge in [-0.1, -0.05) is 32.1 Å². The van der Waals surface area contributed by atoms with Crippen LogP contribution in [0.4, 0.5) is 0 Å². The number of carbonyl (C=O) groups excluding carboxylic acids is 1. The Bertz CT molecular complexity index is 465. The number of nitrogens with one attached hydrogen (secondary N) is 2. The first-order valence-electron chi connectivity index (χ1n) is 8.91. The number of rotatable bonds is 5. The van der Waals surface area contributed by atoms with Gasteiger partial charge in [0.25, 0.3) is 0 Å². The maximum atomic E-state index is 12.2. The molecule has 1 saturated carbocycles. The fourth-order valence-corrected chi connectivity index (χ4v) is 4.43. The third kappa shape index (κ3) is 7.63. The van der Waals surface area contributed by atoms with Crippen molar-refractivity contribution in [3.8, 4) is 0 Å². The van der Waals surface area contributed by atoms with E-state index in [0.717, 1.165) is 38.8 Å². The fourth-order valence-electron chi connectivity index (χ4n) is 3.59. The number of sulfonamides is 1. The number of likely N-dealkylation sites (tertiary alicyclic amines) is 1. The normalized spacial score (nSPS) is 23.2. The van der Waals surface area contributed by atoms with Gasteiger partial charge in [-0.3, -0.25) is 9.69 Å². The summed E-state index contributed by atoms with van der Waals surface area (Å²) < 4.78 is 25.1. The molecule has 23 heavy (non-hydrogen) atoms. The standard InChI is InChI=1S/C16H31N3O3S/c1-23(21,22)18-15-9-11-19(12-10-15)13-16(20)17-14-7-5-3-2-4-6-8-14/h14-15,18H,2-13H2,1H3,(H,17,20). The molecule has 6 nitrogen and oxygen atoms in total. The van der Waals surface area contributed by atoms with Gasteiger partial charge in [0.05, 0.1) is 12.8 Å². The van der Waals surface area contributed by atoms with Crippen LogP contribution in [0.1, 0.15) is 57.8 Å². The van der Waals surface area contributed by atoms with E-state index in [1.807, 2.05) is 0 Å². The highest BCUT2D eigenvalue weighted by Gasteiger charge is 2.23. The average molecular weight is 346 g/mol. The van der Waals surface area contributed by atoms with Gasteiger partial charge in [-0.15, -0.1) is 0 Å². The number of carbonyl (C=O) groups is 1. The van der Waals surface area contributed by atoms with Crippen LogP contribution in [0.3, 0.4) is 0 Å². The molecule has 0 aromatic carbocycles. The second kappa shape index (κ2) is 8.99. The molecule has 0 atom stereocenters. The molecule has 0 unspecified atom stereocenters. The van der Waals surface area contributed by atoms with E-state index in [9.17, 15) is 13.2 Å². The van der Waals surface area contributed by atoms with Gasteiger partial charge in [0.15, 0.2) is 0 Å². The summed E-state index contributed by atoms with van der Waals surface area (Å²) in [7, 11) is -3.14. The van der Waals surface area contributed by atoms with E-state index < -0.39 is 10.0 Å². The van der Waals surface area contributed by atoms with Crippen LogP contribution in [0.25, 0.3) is 0 Å². The molecule has 0 spiro atoms. The van der Waals surface area contributed by atoms with Gasteiger partial charge in [-0.05, 0) is 25.7 Å². The Balaban J connectivity index is 1.67. The summed E-state index contributed by atoms with van der Waals surface area (Å²) in [5.74, 6) is 0.116. The van der Waals surface area contributed by atoms with Gasteiger partial charge in [-0.25, -0.2) is 13.1 Å². The van der Waals surface area contributed by atoms with Crippen molar-refractivity contribution < 1.29 is 13.2 Å². The van der Waals surface area contributed by atoms with Crippen molar-refractivity contribution in [3.63, 3.8) is 0 Å². The van der Waals surface area contributed by atoms with Crippen molar-refractivity contribution in [1.29, 1.82) is 0 Å². The lowest BCUT2D eigenvalue weighted by Crippen LogP contribution is -2.48. The number of nitrogens with zero attached hydrogens (tertiary/aromatic N) is 1. The van der Waals surface area contributed by atoms with Gasteiger partial charge in [0.2, 0.25) is 15.9 Å². The first-order valence-corrected chi connectivity index (χ1v) is 10.8. The lowest BCUT2D eigenvalue weighted by atomic mass is 9.97. The Morgan fingerprint density at radius 3 is 2.09 bits per heavy atom. The maximum absolute atomic E-state index is 12.2. The molecule has 1 amide bonds. The van der Waals surface area contributed by atoms with Crippen LogP contribution < -0.4 is 10.0 Å². The third-order valence-electron chi connectivity index (χ3n) is 4.81. The predicted octanol–water partition coefficient (Wildman–Crippen LogP) is 1.23. The Hall–Kier alpha value is -0.660. The van der Waals surface area contributed by atoms with Crippen molar-refractivity contribution in [2.45, 2.75) is 69.9 Å². The van der Waals surface area contributed by atoms with Crippen LogP contribution in [0.2, 0.25) is 0 Å². The minimum absolute atomic E-state index is 0.00918. The lowest BCUT2D eigenvalue weighted by molar-refractivity contribution is -0.123. The van der Waals surface area contributed by atoms with Crippen LogP contribution in [0.15, 0.2) is 0 Å². The minimum Gasteiger partial charge on any atom is -0.352 e. The van der Waals surface area contributed by atoms with Crippen molar-refractivity contribution in [2.24, 2.45) is 0 Å². The molecule has 1 aliphatic heterocycles. The zero-order valence-corrected chi connectivity index (χ0v) is 15.0. The maximum Gasteiger partial charge on any atom is 0.234 e. The molecule has 134 valence electrons. The van der Waals surface area contributed by atoms with Crippen molar-refractivity contribution >= 4 is 15.9 Å². The predicted molar refractivity (Wildman–Crippen MR) is 91.7 cm³/mol. The molecule has 1 saturated heterocycles. The molecule has 0 aromatic heterocycles. The molecule has 2 aliphatic rings. The van der Waals surface area contributed by atoms with Crippen molar-refractivity contribution in [1.82, 2.24) is 14.9 Å². The first kappa shape index (κ1) is 18.7. The minimum atomic E-state index is -3.14. The summed E-state index contributed by atoms with van der Waals surface area (Å²) in [6.45, 7) is 1.97. The van der Waals surface area contributed by atoms with E-state index in [2.05, 4.69) is 14.9 Å². The molecule has 2 rings (SSSR count). The topological polar surface area (TPSA) is 78.5 Å². The number of hydrogen-bond donors (Lipinski definition) is 2. The van der Waals surface area contributed by atoms with Crippen LogP contribution in [-0.2, 0) is 14.8 Å². The highest BCUT2D eigenvalue weighted by atomic mass is 32.2. The third-order valence-corrected chi connectivity index (χ3v) is 5.57. The van der Waals surface area contributed by atoms with Crippen LogP contribution >= 0.6 is 0 Å². The molecule has 2 fully saturated rings. The Morgan fingerprint density at radius 2 is 1.52 bits per heavy atom. The van der Waals surface area contributed by atoms with E-state index >= 15 is 0 Å². The SMILES string of the molecule is CS(=O)(=O)NC1CCN(CC(=O)NC2CCCCCCC2)CC1. The largest absolute Gasteiger partial charge is 0.352 e. The smallest absolute Gasteiger partial charge is 0.234 e. The fraction of sp³-hybridized carbons (Fsp3) is 0.938. The van der Waals surface area contributed by atoms with Gasteiger partial charge in [0.1, 0.15) is 0 Å².